The van der Waals surface area contributed by atoms with Gasteiger partial charge in [-0.1, -0.05) is 0 Å². The molecule has 2 amide bonds. The summed E-state index contributed by atoms with van der Waals surface area (Å²) in [5.41, 5.74) is -0.251. The van der Waals surface area contributed by atoms with Gasteiger partial charge < -0.3 is 25.0 Å². The summed E-state index contributed by atoms with van der Waals surface area (Å²) >= 11 is 0. The molecule has 8 nitrogen and oxygen atoms in total. The molecule has 2 saturated heterocycles. The molecular formula is C21H29N3O5. The van der Waals surface area contributed by atoms with Crippen molar-refractivity contribution >= 4 is 11.8 Å². The van der Waals surface area contributed by atoms with Gasteiger partial charge in [0.1, 0.15) is 0 Å². The second kappa shape index (κ2) is 8.28. The van der Waals surface area contributed by atoms with Gasteiger partial charge in [0, 0.05) is 54.9 Å². The van der Waals surface area contributed by atoms with Gasteiger partial charge in [0.2, 0.25) is 11.5 Å². The van der Waals surface area contributed by atoms with E-state index in [4.69, 9.17) is 4.74 Å². The minimum Gasteiger partial charge on any atom is -0.396 e. The number of likely N-dealkylation sites (tertiary alicyclic amines) is 1. The molecule has 2 atom stereocenters. The lowest BCUT2D eigenvalue weighted by molar-refractivity contribution is -0.136. The van der Waals surface area contributed by atoms with E-state index in [2.05, 4.69) is 10.3 Å². The number of hydrogen-bond donors (Lipinski definition) is 3. The summed E-state index contributed by atoms with van der Waals surface area (Å²) in [7, 11) is 0. The maximum absolute atomic E-state index is 13.1. The number of rotatable bonds is 4. The zero-order chi connectivity index (χ0) is 20.4. The number of nitrogens with one attached hydrogen (secondary N) is 2. The maximum atomic E-state index is 13.1. The molecule has 0 bridgehead atoms. The lowest BCUT2D eigenvalue weighted by atomic mass is 9.76. The van der Waals surface area contributed by atoms with Crippen molar-refractivity contribution in [1.29, 1.82) is 0 Å². The smallest absolute Gasteiger partial charge is 0.251 e. The highest BCUT2D eigenvalue weighted by Gasteiger charge is 2.50. The molecule has 1 aromatic heterocycles. The number of aromatic amines is 1. The third-order valence-corrected chi connectivity index (χ3v) is 6.89. The van der Waals surface area contributed by atoms with E-state index >= 15 is 0 Å². The van der Waals surface area contributed by atoms with Crippen molar-refractivity contribution in [3.05, 3.63) is 34.2 Å². The standard InChI is InChI=1S/C21H29N3O5/c25-12-21-11-24(10-16(21)6-8-29-13-21)20(28)14-1-3-17(4-2-14)23-19(27)15-5-7-22-18(26)9-15/h5,7,9,14,16-17,25H,1-4,6,8,10-13H2,(H,22,26)(H,23,27)/t14?,16-,17?,21+/m0/s1. The molecule has 158 valence electrons. The van der Waals surface area contributed by atoms with Crippen molar-refractivity contribution in [3.63, 3.8) is 0 Å². The number of H-pyrrole nitrogens is 1. The predicted molar refractivity (Wildman–Crippen MR) is 105 cm³/mol. The molecule has 29 heavy (non-hydrogen) atoms. The fourth-order valence-electron chi connectivity index (χ4n) is 5.09. The van der Waals surface area contributed by atoms with Gasteiger partial charge >= 0.3 is 0 Å². The van der Waals surface area contributed by atoms with E-state index in [0.29, 0.717) is 37.8 Å². The molecule has 8 heteroatoms. The van der Waals surface area contributed by atoms with E-state index in [1.807, 2.05) is 4.90 Å². The van der Waals surface area contributed by atoms with Gasteiger partial charge in [-0.25, -0.2) is 0 Å². The number of carbonyl (C=O) groups is 2. The SMILES string of the molecule is O=C(NC1CCC(C(=O)N2C[C@@H]3CCOC[C@]3(CO)C2)CC1)c1cc[nH]c(=O)c1. The fraction of sp³-hybridized carbons (Fsp3) is 0.667. The van der Waals surface area contributed by atoms with Crippen LogP contribution in [-0.4, -0.2) is 65.8 Å². The molecular weight excluding hydrogens is 374 g/mol. The van der Waals surface area contributed by atoms with E-state index in [-0.39, 0.29) is 41.4 Å². The van der Waals surface area contributed by atoms with Crippen LogP contribution < -0.4 is 10.9 Å². The topological polar surface area (TPSA) is 112 Å². The second-order valence-corrected chi connectivity index (χ2v) is 8.74. The van der Waals surface area contributed by atoms with Crippen LogP contribution in [0.2, 0.25) is 0 Å². The van der Waals surface area contributed by atoms with Crippen LogP contribution in [0.25, 0.3) is 0 Å². The van der Waals surface area contributed by atoms with E-state index in [0.717, 1.165) is 32.1 Å². The highest BCUT2D eigenvalue weighted by Crippen LogP contribution is 2.42. The molecule has 1 aliphatic carbocycles. The quantitative estimate of drug-likeness (QED) is 0.679. The Morgan fingerprint density at radius 2 is 2.07 bits per heavy atom. The minimum atomic E-state index is -0.302. The first kappa shape index (κ1) is 20.1. The van der Waals surface area contributed by atoms with Crippen LogP contribution in [0, 0.1) is 17.3 Å². The van der Waals surface area contributed by atoms with Crippen LogP contribution in [0.5, 0.6) is 0 Å². The van der Waals surface area contributed by atoms with Gasteiger partial charge in [0.15, 0.2) is 0 Å². The Kier molecular flexibility index (Phi) is 5.74. The Bertz CT molecular complexity index is 817. The molecule has 1 aromatic rings. The van der Waals surface area contributed by atoms with Gasteiger partial charge in [-0.3, -0.25) is 14.4 Å². The Balaban J connectivity index is 1.30. The Morgan fingerprint density at radius 1 is 1.28 bits per heavy atom. The van der Waals surface area contributed by atoms with Crippen molar-refractivity contribution in [3.8, 4) is 0 Å². The number of fused-ring (bicyclic) bond motifs is 1. The summed E-state index contributed by atoms with van der Waals surface area (Å²) in [5.74, 6) is 0.209. The summed E-state index contributed by atoms with van der Waals surface area (Å²) < 4.78 is 5.59. The summed E-state index contributed by atoms with van der Waals surface area (Å²) in [5, 5.41) is 12.9. The van der Waals surface area contributed by atoms with Crippen LogP contribution in [0.15, 0.2) is 23.1 Å². The predicted octanol–water partition coefficient (Wildman–Crippen LogP) is 0.521. The number of carbonyl (C=O) groups excluding carboxylic acids is 2. The second-order valence-electron chi connectivity index (χ2n) is 8.74. The van der Waals surface area contributed by atoms with Crippen LogP contribution in [0.3, 0.4) is 0 Å². The van der Waals surface area contributed by atoms with Crippen LogP contribution in [0.4, 0.5) is 0 Å². The molecule has 2 aliphatic heterocycles. The Hall–Kier alpha value is -2.19. The summed E-state index contributed by atoms with van der Waals surface area (Å²) in [6.45, 7) is 2.57. The van der Waals surface area contributed by atoms with E-state index < -0.39 is 0 Å². The third-order valence-electron chi connectivity index (χ3n) is 6.89. The molecule has 3 fully saturated rings. The summed E-state index contributed by atoms with van der Waals surface area (Å²) in [6.07, 6.45) is 5.33. The van der Waals surface area contributed by atoms with Crippen LogP contribution >= 0.6 is 0 Å². The molecule has 3 heterocycles. The molecule has 3 N–H and O–H groups in total. The Labute approximate surface area is 169 Å². The van der Waals surface area contributed by atoms with Gasteiger partial charge in [-0.05, 0) is 44.1 Å². The van der Waals surface area contributed by atoms with Crippen molar-refractivity contribution in [2.24, 2.45) is 17.3 Å². The number of nitrogens with zero attached hydrogens (tertiary/aromatic N) is 1. The molecule has 0 unspecified atom stereocenters. The number of amides is 2. The maximum Gasteiger partial charge on any atom is 0.251 e. The zero-order valence-electron chi connectivity index (χ0n) is 16.6. The summed E-state index contributed by atoms with van der Waals surface area (Å²) in [6, 6.07) is 2.89. The lowest BCUT2D eigenvalue weighted by Gasteiger charge is -2.36. The normalized spacial score (nSPS) is 31.9. The third kappa shape index (κ3) is 4.09. The lowest BCUT2D eigenvalue weighted by Crippen LogP contribution is -2.44. The molecule has 0 radical (unpaired) electrons. The number of aromatic nitrogens is 1. The Morgan fingerprint density at radius 3 is 2.76 bits per heavy atom. The van der Waals surface area contributed by atoms with Gasteiger partial charge in [0.05, 0.1) is 13.2 Å². The molecule has 0 spiro atoms. The van der Waals surface area contributed by atoms with Crippen molar-refractivity contribution in [2.75, 3.05) is 32.9 Å². The average molecular weight is 403 g/mol. The number of pyridine rings is 1. The highest BCUT2D eigenvalue weighted by molar-refractivity contribution is 5.94. The fourth-order valence-corrected chi connectivity index (χ4v) is 5.09. The first-order valence-electron chi connectivity index (χ1n) is 10.5. The first-order valence-corrected chi connectivity index (χ1v) is 10.5. The van der Waals surface area contributed by atoms with Crippen molar-refractivity contribution < 1.29 is 19.4 Å². The van der Waals surface area contributed by atoms with E-state index in [9.17, 15) is 19.5 Å². The van der Waals surface area contributed by atoms with Crippen molar-refractivity contribution in [2.45, 2.75) is 38.1 Å². The highest BCUT2D eigenvalue weighted by atomic mass is 16.5. The molecule has 3 aliphatic rings. The number of hydrogen-bond acceptors (Lipinski definition) is 5. The minimum absolute atomic E-state index is 0.0178. The number of aliphatic hydroxyl groups is 1. The van der Waals surface area contributed by atoms with E-state index in [1.54, 1.807) is 6.07 Å². The van der Waals surface area contributed by atoms with Gasteiger partial charge in [-0.2, -0.15) is 0 Å². The molecule has 4 rings (SSSR count). The van der Waals surface area contributed by atoms with Gasteiger partial charge in [0.25, 0.3) is 5.91 Å². The molecule has 0 aromatic carbocycles. The average Bonchev–Trinajstić information content (AvgIpc) is 3.14. The van der Waals surface area contributed by atoms with Crippen LogP contribution in [-0.2, 0) is 9.53 Å². The van der Waals surface area contributed by atoms with Gasteiger partial charge in [-0.15, -0.1) is 0 Å². The summed E-state index contributed by atoms with van der Waals surface area (Å²) in [4.78, 5) is 41.2. The van der Waals surface area contributed by atoms with E-state index in [1.165, 1.54) is 12.3 Å². The first-order chi connectivity index (χ1) is 14.0. The monoisotopic (exact) mass is 403 g/mol. The number of aliphatic hydroxyl groups excluding tert-OH is 1. The zero-order valence-corrected chi connectivity index (χ0v) is 16.6. The van der Waals surface area contributed by atoms with Crippen LogP contribution in [0.1, 0.15) is 42.5 Å². The van der Waals surface area contributed by atoms with Crippen molar-refractivity contribution in [1.82, 2.24) is 15.2 Å². The molecule has 1 saturated carbocycles. The number of ether oxygens (including phenoxy) is 1. The largest absolute Gasteiger partial charge is 0.396 e.